The highest BCUT2D eigenvalue weighted by atomic mass is 19.1. The molecule has 0 unspecified atom stereocenters. The van der Waals surface area contributed by atoms with Gasteiger partial charge in [-0.1, -0.05) is 19.9 Å². The Hall–Kier alpha value is -1.94. The summed E-state index contributed by atoms with van der Waals surface area (Å²) in [6.45, 7) is 7.04. The fraction of sp³-hybridized carbons (Fsp3) is 0.353. The van der Waals surface area contributed by atoms with Crippen LogP contribution in [0.4, 0.5) is 4.39 Å². The first-order valence-electron chi connectivity index (χ1n) is 7.12. The van der Waals surface area contributed by atoms with Crippen LogP contribution in [0.2, 0.25) is 0 Å². The van der Waals surface area contributed by atoms with E-state index in [1.165, 1.54) is 6.07 Å². The standard InChI is InChI=1S/C17H21FN2O/c1-12(2)19-10-14-5-4-6-15(20-14)11-21-16-7-8-17(18)13(3)9-16/h4-9,12,19H,10-11H2,1-3H3. The van der Waals surface area contributed by atoms with E-state index in [1.54, 1.807) is 19.1 Å². The van der Waals surface area contributed by atoms with E-state index in [9.17, 15) is 4.39 Å². The van der Waals surface area contributed by atoms with Gasteiger partial charge < -0.3 is 10.1 Å². The molecule has 112 valence electrons. The Morgan fingerprint density at radius 1 is 1.19 bits per heavy atom. The maximum Gasteiger partial charge on any atom is 0.130 e. The predicted octanol–water partition coefficient (Wildman–Crippen LogP) is 3.61. The van der Waals surface area contributed by atoms with Gasteiger partial charge in [0.2, 0.25) is 0 Å². The predicted molar refractivity (Wildman–Crippen MR) is 81.7 cm³/mol. The topological polar surface area (TPSA) is 34.1 Å². The molecule has 4 heteroatoms. The largest absolute Gasteiger partial charge is 0.487 e. The fourth-order valence-corrected chi connectivity index (χ4v) is 1.88. The molecule has 0 amide bonds. The Morgan fingerprint density at radius 2 is 1.95 bits per heavy atom. The molecule has 0 aliphatic rings. The Kier molecular flexibility index (Phi) is 5.28. The van der Waals surface area contributed by atoms with Crippen LogP contribution in [-0.4, -0.2) is 11.0 Å². The lowest BCUT2D eigenvalue weighted by molar-refractivity contribution is 0.300. The van der Waals surface area contributed by atoms with Gasteiger partial charge in [0.1, 0.15) is 18.2 Å². The molecule has 0 radical (unpaired) electrons. The monoisotopic (exact) mass is 288 g/mol. The number of nitrogens with zero attached hydrogens (tertiary/aromatic N) is 1. The SMILES string of the molecule is Cc1cc(OCc2cccc(CNC(C)C)n2)ccc1F. The Bertz CT molecular complexity index is 599. The molecule has 0 saturated carbocycles. The second kappa shape index (κ2) is 7.18. The van der Waals surface area contributed by atoms with Crippen molar-refractivity contribution in [3.63, 3.8) is 0 Å². The smallest absolute Gasteiger partial charge is 0.130 e. The van der Waals surface area contributed by atoms with E-state index in [4.69, 9.17) is 4.74 Å². The summed E-state index contributed by atoms with van der Waals surface area (Å²) in [5.74, 6) is 0.434. The van der Waals surface area contributed by atoms with Crippen LogP contribution >= 0.6 is 0 Å². The molecule has 0 aliphatic carbocycles. The molecule has 3 nitrogen and oxygen atoms in total. The van der Waals surface area contributed by atoms with Crippen molar-refractivity contribution in [3.05, 3.63) is 59.2 Å². The van der Waals surface area contributed by atoms with E-state index in [0.717, 1.165) is 17.9 Å². The Balaban J connectivity index is 1.96. The molecule has 0 saturated heterocycles. The van der Waals surface area contributed by atoms with Gasteiger partial charge >= 0.3 is 0 Å². The summed E-state index contributed by atoms with van der Waals surface area (Å²) >= 11 is 0. The molecule has 1 aromatic carbocycles. The third-order valence-corrected chi connectivity index (χ3v) is 3.07. The van der Waals surface area contributed by atoms with Gasteiger partial charge in [-0.3, -0.25) is 4.98 Å². The summed E-state index contributed by atoms with van der Waals surface area (Å²) in [4.78, 5) is 4.54. The van der Waals surface area contributed by atoms with Crippen LogP contribution in [0.15, 0.2) is 36.4 Å². The number of aromatic nitrogens is 1. The zero-order valence-corrected chi connectivity index (χ0v) is 12.7. The lowest BCUT2D eigenvalue weighted by Gasteiger charge is -2.10. The van der Waals surface area contributed by atoms with Gasteiger partial charge in [0.15, 0.2) is 0 Å². The summed E-state index contributed by atoms with van der Waals surface area (Å²) in [5.41, 5.74) is 2.43. The second-order valence-corrected chi connectivity index (χ2v) is 5.36. The van der Waals surface area contributed by atoms with E-state index in [2.05, 4.69) is 24.1 Å². The minimum absolute atomic E-state index is 0.220. The number of hydrogen-bond donors (Lipinski definition) is 1. The number of pyridine rings is 1. The van der Waals surface area contributed by atoms with E-state index < -0.39 is 0 Å². The number of hydrogen-bond acceptors (Lipinski definition) is 3. The zero-order valence-electron chi connectivity index (χ0n) is 12.7. The first-order chi connectivity index (χ1) is 10.0. The molecule has 1 aromatic heterocycles. The molecule has 0 atom stereocenters. The number of ether oxygens (including phenoxy) is 1. The average molecular weight is 288 g/mol. The van der Waals surface area contributed by atoms with Crippen molar-refractivity contribution in [2.24, 2.45) is 0 Å². The van der Waals surface area contributed by atoms with Crippen molar-refractivity contribution in [1.29, 1.82) is 0 Å². The fourth-order valence-electron chi connectivity index (χ4n) is 1.88. The van der Waals surface area contributed by atoms with Crippen LogP contribution in [0.5, 0.6) is 5.75 Å². The summed E-state index contributed by atoms with van der Waals surface area (Å²) in [6.07, 6.45) is 0. The molecule has 0 bridgehead atoms. The van der Waals surface area contributed by atoms with Crippen molar-refractivity contribution in [1.82, 2.24) is 10.3 Å². The zero-order chi connectivity index (χ0) is 15.2. The van der Waals surface area contributed by atoms with Gasteiger partial charge in [-0.05, 0) is 42.8 Å². The van der Waals surface area contributed by atoms with Gasteiger partial charge in [-0.2, -0.15) is 0 Å². The first kappa shape index (κ1) is 15.4. The first-order valence-corrected chi connectivity index (χ1v) is 7.12. The highest BCUT2D eigenvalue weighted by Gasteiger charge is 2.03. The highest BCUT2D eigenvalue weighted by Crippen LogP contribution is 2.17. The van der Waals surface area contributed by atoms with Crippen LogP contribution in [0.1, 0.15) is 30.8 Å². The lowest BCUT2D eigenvalue weighted by atomic mass is 10.2. The van der Waals surface area contributed by atoms with Crippen LogP contribution in [-0.2, 0) is 13.2 Å². The van der Waals surface area contributed by atoms with Crippen LogP contribution in [0.25, 0.3) is 0 Å². The van der Waals surface area contributed by atoms with Crippen molar-refractivity contribution in [2.45, 2.75) is 40.0 Å². The Labute approximate surface area is 125 Å². The van der Waals surface area contributed by atoms with E-state index in [0.29, 0.717) is 24.0 Å². The molecule has 2 rings (SSSR count). The molecule has 1 N–H and O–H groups in total. The van der Waals surface area contributed by atoms with Gasteiger partial charge in [0, 0.05) is 12.6 Å². The van der Waals surface area contributed by atoms with Gasteiger partial charge in [0.25, 0.3) is 0 Å². The van der Waals surface area contributed by atoms with Crippen molar-refractivity contribution < 1.29 is 9.13 Å². The number of benzene rings is 1. The summed E-state index contributed by atoms with van der Waals surface area (Å²) in [7, 11) is 0. The number of aryl methyl sites for hydroxylation is 1. The van der Waals surface area contributed by atoms with Crippen LogP contribution in [0.3, 0.4) is 0 Å². The summed E-state index contributed by atoms with van der Waals surface area (Å²) < 4.78 is 18.8. The molecule has 0 aliphatic heterocycles. The third-order valence-electron chi connectivity index (χ3n) is 3.07. The molecular weight excluding hydrogens is 267 g/mol. The molecule has 21 heavy (non-hydrogen) atoms. The summed E-state index contributed by atoms with van der Waals surface area (Å²) in [6, 6.07) is 11.1. The molecular formula is C17H21FN2O. The molecule has 0 fully saturated rings. The van der Waals surface area contributed by atoms with E-state index in [-0.39, 0.29) is 5.82 Å². The normalized spacial score (nSPS) is 10.9. The molecule has 0 spiro atoms. The highest BCUT2D eigenvalue weighted by molar-refractivity contribution is 5.29. The van der Waals surface area contributed by atoms with E-state index in [1.807, 2.05) is 18.2 Å². The van der Waals surface area contributed by atoms with Crippen molar-refractivity contribution in [2.75, 3.05) is 0 Å². The second-order valence-electron chi connectivity index (χ2n) is 5.36. The Morgan fingerprint density at radius 3 is 2.67 bits per heavy atom. The number of halogens is 1. The molecule has 2 aromatic rings. The number of nitrogens with one attached hydrogen (secondary N) is 1. The van der Waals surface area contributed by atoms with Crippen molar-refractivity contribution in [3.8, 4) is 5.75 Å². The molecule has 1 heterocycles. The van der Waals surface area contributed by atoms with Gasteiger partial charge in [-0.25, -0.2) is 4.39 Å². The lowest BCUT2D eigenvalue weighted by Crippen LogP contribution is -2.22. The third kappa shape index (κ3) is 4.83. The van der Waals surface area contributed by atoms with Crippen LogP contribution in [0, 0.1) is 12.7 Å². The average Bonchev–Trinajstić information content (AvgIpc) is 2.47. The minimum atomic E-state index is -0.220. The van der Waals surface area contributed by atoms with Crippen LogP contribution < -0.4 is 10.1 Å². The van der Waals surface area contributed by atoms with Crippen molar-refractivity contribution >= 4 is 0 Å². The maximum atomic E-state index is 13.2. The quantitative estimate of drug-likeness (QED) is 0.881. The van der Waals surface area contributed by atoms with Gasteiger partial charge in [-0.15, -0.1) is 0 Å². The van der Waals surface area contributed by atoms with E-state index >= 15 is 0 Å². The summed E-state index contributed by atoms with van der Waals surface area (Å²) in [5, 5.41) is 3.33. The van der Waals surface area contributed by atoms with Gasteiger partial charge in [0.05, 0.1) is 11.4 Å². The number of rotatable bonds is 6. The minimum Gasteiger partial charge on any atom is -0.487 e. The maximum absolute atomic E-state index is 13.2.